The number of hydrogen-bond acceptors (Lipinski definition) is 3. The molecule has 1 aliphatic rings. The molecule has 3 atom stereocenters. The summed E-state index contributed by atoms with van der Waals surface area (Å²) in [5.74, 6) is 0.434. The largest absolute Gasteiger partial charge is 0.378 e. The number of rotatable bonds is 2. The van der Waals surface area contributed by atoms with Gasteiger partial charge in [0.15, 0.2) is 0 Å². The quantitative estimate of drug-likeness (QED) is 0.803. The van der Waals surface area contributed by atoms with Gasteiger partial charge in [0, 0.05) is 24.4 Å². The van der Waals surface area contributed by atoms with Gasteiger partial charge in [-0.15, -0.1) is 0 Å². The van der Waals surface area contributed by atoms with Gasteiger partial charge in [0.25, 0.3) is 0 Å². The molecule has 3 unspecified atom stereocenters. The SMILES string of the molecule is Cc1cncc(C(N)C2COC(C)C2)c1. The molecule has 1 aromatic rings. The van der Waals surface area contributed by atoms with Gasteiger partial charge in [-0.2, -0.15) is 0 Å². The molecule has 0 amide bonds. The van der Waals surface area contributed by atoms with E-state index in [9.17, 15) is 0 Å². The monoisotopic (exact) mass is 206 g/mol. The molecule has 1 aliphatic heterocycles. The van der Waals surface area contributed by atoms with Gasteiger partial charge in [-0.3, -0.25) is 4.98 Å². The third kappa shape index (κ3) is 2.36. The first-order valence-corrected chi connectivity index (χ1v) is 5.45. The maximum absolute atomic E-state index is 6.21. The summed E-state index contributed by atoms with van der Waals surface area (Å²) in [5.41, 5.74) is 8.50. The standard InChI is InChI=1S/C12H18N2O/c1-8-3-10(6-14-5-8)12(13)11-4-9(2)15-7-11/h3,5-6,9,11-12H,4,7,13H2,1-2H3. The number of nitrogens with two attached hydrogens (primary N) is 1. The smallest absolute Gasteiger partial charge is 0.0551 e. The van der Waals surface area contributed by atoms with E-state index in [1.165, 1.54) is 0 Å². The van der Waals surface area contributed by atoms with Crippen molar-refractivity contribution >= 4 is 0 Å². The van der Waals surface area contributed by atoms with E-state index in [-0.39, 0.29) is 6.04 Å². The Bertz CT molecular complexity index is 340. The average molecular weight is 206 g/mol. The molecule has 2 rings (SSSR count). The predicted molar refractivity (Wildman–Crippen MR) is 59.4 cm³/mol. The van der Waals surface area contributed by atoms with Crippen molar-refractivity contribution in [3.8, 4) is 0 Å². The van der Waals surface area contributed by atoms with Crippen LogP contribution in [0.3, 0.4) is 0 Å². The maximum atomic E-state index is 6.21. The van der Waals surface area contributed by atoms with Gasteiger partial charge in [-0.05, 0) is 31.4 Å². The van der Waals surface area contributed by atoms with Crippen LogP contribution in [0.15, 0.2) is 18.5 Å². The van der Waals surface area contributed by atoms with Gasteiger partial charge in [0.2, 0.25) is 0 Å². The van der Waals surface area contributed by atoms with Crippen LogP contribution in [0, 0.1) is 12.8 Å². The highest BCUT2D eigenvalue weighted by atomic mass is 16.5. The van der Waals surface area contributed by atoms with E-state index >= 15 is 0 Å². The van der Waals surface area contributed by atoms with Gasteiger partial charge >= 0.3 is 0 Å². The van der Waals surface area contributed by atoms with Crippen molar-refractivity contribution < 1.29 is 4.74 Å². The van der Waals surface area contributed by atoms with Gasteiger partial charge in [0.1, 0.15) is 0 Å². The number of aromatic nitrogens is 1. The van der Waals surface area contributed by atoms with E-state index in [0.29, 0.717) is 12.0 Å². The molecule has 0 saturated carbocycles. The number of aryl methyl sites for hydroxylation is 1. The minimum atomic E-state index is 0.0577. The molecule has 2 N–H and O–H groups in total. The van der Waals surface area contributed by atoms with E-state index in [0.717, 1.165) is 24.2 Å². The molecule has 0 aromatic carbocycles. The van der Waals surface area contributed by atoms with Gasteiger partial charge in [-0.25, -0.2) is 0 Å². The second kappa shape index (κ2) is 4.29. The summed E-state index contributed by atoms with van der Waals surface area (Å²) in [7, 11) is 0. The first kappa shape index (κ1) is 10.6. The molecule has 0 aliphatic carbocycles. The van der Waals surface area contributed by atoms with Crippen LogP contribution in [0.2, 0.25) is 0 Å². The molecule has 2 heterocycles. The molecule has 1 fully saturated rings. The fraction of sp³-hybridized carbons (Fsp3) is 0.583. The number of ether oxygens (including phenoxy) is 1. The number of nitrogens with zero attached hydrogens (tertiary/aromatic N) is 1. The second-order valence-electron chi connectivity index (χ2n) is 4.46. The fourth-order valence-electron chi connectivity index (χ4n) is 2.13. The normalized spacial score (nSPS) is 27.9. The van der Waals surface area contributed by atoms with Crippen molar-refractivity contribution in [2.75, 3.05) is 6.61 Å². The third-order valence-corrected chi connectivity index (χ3v) is 3.02. The summed E-state index contributed by atoms with van der Waals surface area (Å²) in [6.07, 6.45) is 5.11. The summed E-state index contributed by atoms with van der Waals surface area (Å²) in [5, 5.41) is 0. The molecule has 15 heavy (non-hydrogen) atoms. The molecule has 3 nitrogen and oxygen atoms in total. The molecule has 1 saturated heterocycles. The van der Waals surface area contributed by atoms with Crippen LogP contribution in [-0.4, -0.2) is 17.7 Å². The first-order chi connectivity index (χ1) is 7.16. The van der Waals surface area contributed by atoms with Gasteiger partial charge in [-0.1, -0.05) is 6.07 Å². The van der Waals surface area contributed by atoms with E-state index in [1.54, 1.807) is 0 Å². The van der Waals surface area contributed by atoms with Gasteiger partial charge in [0.05, 0.1) is 12.7 Å². The Morgan fingerprint density at radius 1 is 1.53 bits per heavy atom. The summed E-state index contributed by atoms with van der Waals surface area (Å²) >= 11 is 0. The van der Waals surface area contributed by atoms with Gasteiger partial charge < -0.3 is 10.5 Å². The lowest BCUT2D eigenvalue weighted by atomic mass is 9.92. The summed E-state index contributed by atoms with van der Waals surface area (Å²) in [6.45, 7) is 4.91. The van der Waals surface area contributed by atoms with Crippen LogP contribution in [0.25, 0.3) is 0 Å². The van der Waals surface area contributed by atoms with E-state index in [4.69, 9.17) is 10.5 Å². The molecule has 0 spiro atoms. The Morgan fingerprint density at radius 3 is 2.93 bits per heavy atom. The van der Waals surface area contributed by atoms with Crippen LogP contribution in [-0.2, 0) is 4.74 Å². The average Bonchev–Trinajstić information content (AvgIpc) is 2.64. The first-order valence-electron chi connectivity index (χ1n) is 5.45. The van der Waals surface area contributed by atoms with Crippen LogP contribution >= 0.6 is 0 Å². The van der Waals surface area contributed by atoms with Crippen LogP contribution in [0.1, 0.15) is 30.5 Å². The van der Waals surface area contributed by atoms with Crippen molar-refractivity contribution in [1.29, 1.82) is 0 Å². The summed E-state index contributed by atoms with van der Waals surface area (Å²) in [4.78, 5) is 4.17. The summed E-state index contributed by atoms with van der Waals surface area (Å²) in [6, 6.07) is 2.17. The molecule has 1 aromatic heterocycles. The Labute approximate surface area is 90.7 Å². The zero-order valence-electron chi connectivity index (χ0n) is 9.31. The highest BCUT2D eigenvalue weighted by Gasteiger charge is 2.28. The molecule has 3 heteroatoms. The van der Waals surface area contributed by atoms with Crippen molar-refractivity contribution in [2.45, 2.75) is 32.4 Å². The van der Waals surface area contributed by atoms with Crippen molar-refractivity contribution in [3.05, 3.63) is 29.6 Å². The second-order valence-corrected chi connectivity index (χ2v) is 4.46. The number of pyridine rings is 1. The molecule has 0 bridgehead atoms. The fourth-order valence-corrected chi connectivity index (χ4v) is 2.13. The van der Waals surface area contributed by atoms with E-state index < -0.39 is 0 Å². The van der Waals surface area contributed by atoms with Crippen molar-refractivity contribution in [2.24, 2.45) is 11.7 Å². The number of hydrogen-bond donors (Lipinski definition) is 1. The van der Waals surface area contributed by atoms with E-state index in [1.807, 2.05) is 19.3 Å². The zero-order valence-corrected chi connectivity index (χ0v) is 9.31. The van der Waals surface area contributed by atoms with Crippen LogP contribution < -0.4 is 5.73 Å². The third-order valence-electron chi connectivity index (χ3n) is 3.02. The molecular weight excluding hydrogens is 188 g/mol. The Morgan fingerprint density at radius 2 is 2.33 bits per heavy atom. The Balaban J connectivity index is 2.10. The molecular formula is C12H18N2O. The molecule has 82 valence electrons. The maximum Gasteiger partial charge on any atom is 0.0551 e. The Kier molecular flexibility index (Phi) is 3.03. The highest BCUT2D eigenvalue weighted by molar-refractivity contribution is 5.20. The molecule has 0 radical (unpaired) electrons. The van der Waals surface area contributed by atoms with Crippen LogP contribution in [0.5, 0.6) is 0 Å². The highest BCUT2D eigenvalue weighted by Crippen LogP contribution is 2.29. The van der Waals surface area contributed by atoms with Crippen molar-refractivity contribution in [1.82, 2.24) is 4.98 Å². The zero-order chi connectivity index (χ0) is 10.8. The lowest BCUT2D eigenvalue weighted by Crippen LogP contribution is -2.22. The minimum absolute atomic E-state index is 0.0577. The lowest BCUT2D eigenvalue weighted by Gasteiger charge is -2.17. The van der Waals surface area contributed by atoms with Crippen LogP contribution in [0.4, 0.5) is 0 Å². The Hall–Kier alpha value is -0.930. The lowest BCUT2D eigenvalue weighted by molar-refractivity contribution is 0.118. The predicted octanol–water partition coefficient (Wildman–Crippen LogP) is 1.81. The minimum Gasteiger partial charge on any atom is -0.378 e. The topological polar surface area (TPSA) is 48.1 Å². The van der Waals surface area contributed by atoms with E-state index in [2.05, 4.69) is 18.0 Å². The summed E-state index contributed by atoms with van der Waals surface area (Å²) < 4.78 is 5.54. The van der Waals surface area contributed by atoms with Crippen molar-refractivity contribution in [3.63, 3.8) is 0 Å².